The molecule has 100 valence electrons. The number of nitrogens with one attached hydrogen (secondary N) is 1. The van der Waals surface area contributed by atoms with E-state index in [1.807, 2.05) is 6.92 Å². The van der Waals surface area contributed by atoms with Crippen molar-refractivity contribution < 1.29 is 0 Å². The lowest BCUT2D eigenvalue weighted by molar-refractivity contribution is 0.269. The molecule has 1 fully saturated rings. The van der Waals surface area contributed by atoms with Crippen LogP contribution in [0.2, 0.25) is 5.15 Å². The second-order valence-corrected chi connectivity index (χ2v) is 5.21. The third-order valence-corrected chi connectivity index (χ3v) is 3.59. The van der Waals surface area contributed by atoms with E-state index in [4.69, 9.17) is 11.6 Å². The lowest BCUT2D eigenvalue weighted by Gasteiger charge is -2.24. The number of rotatable bonds is 5. The number of aryl methyl sites for hydroxylation is 1. The van der Waals surface area contributed by atoms with Gasteiger partial charge in [0.25, 0.3) is 0 Å². The molecule has 1 aliphatic rings. The Morgan fingerprint density at radius 2 is 2.11 bits per heavy atom. The summed E-state index contributed by atoms with van der Waals surface area (Å²) in [5.74, 6) is 1.62. The highest BCUT2D eigenvalue weighted by atomic mass is 35.5. The first-order valence-electron chi connectivity index (χ1n) is 6.70. The second-order valence-electron chi connectivity index (χ2n) is 4.82. The summed E-state index contributed by atoms with van der Waals surface area (Å²) in [4.78, 5) is 11.1. The Bertz CT molecular complexity index is 391. The molecule has 1 saturated heterocycles. The lowest BCUT2D eigenvalue weighted by atomic mass is 10.3. The van der Waals surface area contributed by atoms with E-state index in [0.717, 1.165) is 24.6 Å². The van der Waals surface area contributed by atoms with Gasteiger partial charge in [-0.05, 0) is 32.9 Å². The first-order valence-corrected chi connectivity index (χ1v) is 7.08. The van der Waals surface area contributed by atoms with Crippen molar-refractivity contribution in [1.29, 1.82) is 0 Å². The molecule has 0 amide bonds. The van der Waals surface area contributed by atoms with Gasteiger partial charge in [0.2, 0.25) is 0 Å². The molecule has 0 bridgehead atoms. The minimum Gasteiger partial charge on any atom is -0.368 e. The summed E-state index contributed by atoms with van der Waals surface area (Å²) in [6.07, 6.45) is 3.45. The van der Waals surface area contributed by atoms with Gasteiger partial charge in [-0.25, -0.2) is 9.97 Å². The van der Waals surface area contributed by atoms with Gasteiger partial charge >= 0.3 is 0 Å². The largest absolute Gasteiger partial charge is 0.368 e. The Balaban J connectivity index is 1.90. The lowest BCUT2D eigenvalue weighted by Crippen LogP contribution is -2.35. The average Bonchev–Trinajstić information content (AvgIpc) is 2.89. The zero-order chi connectivity index (χ0) is 13.0. The van der Waals surface area contributed by atoms with Gasteiger partial charge in [-0.15, -0.1) is 0 Å². The molecule has 0 spiro atoms. The van der Waals surface area contributed by atoms with Crippen molar-refractivity contribution >= 4 is 17.4 Å². The fourth-order valence-electron chi connectivity index (χ4n) is 2.28. The van der Waals surface area contributed by atoms with Crippen LogP contribution in [-0.4, -0.2) is 40.5 Å². The van der Waals surface area contributed by atoms with Crippen LogP contribution in [0.3, 0.4) is 0 Å². The van der Waals surface area contributed by atoms with Crippen LogP contribution in [0, 0.1) is 0 Å². The van der Waals surface area contributed by atoms with Gasteiger partial charge in [-0.3, -0.25) is 4.90 Å². The molecule has 2 heterocycles. The smallest absolute Gasteiger partial charge is 0.134 e. The van der Waals surface area contributed by atoms with Crippen molar-refractivity contribution in [3.8, 4) is 0 Å². The van der Waals surface area contributed by atoms with Gasteiger partial charge in [0.15, 0.2) is 0 Å². The third kappa shape index (κ3) is 3.56. The first kappa shape index (κ1) is 13.6. The van der Waals surface area contributed by atoms with Crippen LogP contribution >= 0.6 is 11.6 Å². The number of hydrogen-bond acceptors (Lipinski definition) is 4. The molecule has 18 heavy (non-hydrogen) atoms. The molecule has 2 rings (SSSR count). The van der Waals surface area contributed by atoms with E-state index < -0.39 is 0 Å². The number of hydrogen-bond donors (Lipinski definition) is 1. The average molecular weight is 269 g/mol. The van der Waals surface area contributed by atoms with Crippen molar-refractivity contribution in [3.05, 3.63) is 17.0 Å². The molecule has 1 unspecified atom stereocenters. The Morgan fingerprint density at radius 3 is 2.78 bits per heavy atom. The van der Waals surface area contributed by atoms with E-state index in [0.29, 0.717) is 11.2 Å². The van der Waals surface area contributed by atoms with Crippen LogP contribution in [0.15, 0.2) is 6.07 Å². The van der Waals surface area contributed by atoms with Crippen LogP contribution < -0.4 is 5.32 Å². The fraction of sp³-hybridized carbons (Fsp3) is 0.692. The topological polar surface area (TPSA) is 41.1 Å². The maximum absolute atomic E-state index is 5.97. The van der Waals surface area contributed by atoms with Crippen LogP contribution in [-0.2, 0) is 6.42 Å². The highest BCUT2D eigenvalue weighted by molar-refractivity contribution is 6.29. The quantitative estimate of drug-likeness (QED) is 0.834. The summed E-state index contributed by atoms with van der Waals surface area (Å²) in [5.41, 5.74) is 0. The van der Waals surface area contributed by atoms with Crippen molar-refractivity contribution in [1.82, 2.24) is 14.9 Å². The van der Waals surface area contributed by atoms with Crippen molar-refractivity contribution in [2.24, 2.45) is 0 Å². The van der Waals surface area contributed by atoms with Crippen molar-refractivity contribution in [2.75, 3.05) is 25.0 Å². The maximum Gasteiger partial charge on any atom is 0.134 e. The Labute approximate surface area is 114 Å². The number of halogens is 1. The monoisotopic (exact) mass is 268 g/mol. The van der Waals surface area contributed by atoms with Crippen LogP contribution in [0.25, 0.3) is 0 Å². The molecule has 1 aromatic heterocycles. The second kappa shape index (κ2) is 6.34. The Morgan fingerprint density at radius 1 is 1.39 bits per heavy atom. The molecule has 0 aliphatic carbocycles. The molecule has 4 nitrogen and oxygen atoms in total. The van der Waals surface area contributed by atoms with Gasteiger partial charge in [-0.2, -0.15) is 0 Å². The van der Waals surface area contributed by atoms with E-state index >= 15 is 0 Å². The molecule has 1 aliphatic heterocycles. The van der Waals surface area contributed by atoms with Crippen LogP contribution in [0.5, 0.6) is 0 Å². The molecule has 1 N–H and O–H groups in total. The Hall–Kier alpha value is -0.870. The van der Waals surface area contributed by atoms with Crippen LogP contribution in [0.4, 0.5) is 5.82 Å². The molecular formula is C13H21ClN4. The van der Waals surface area contributed by atoms with E-state index in [9.17, 15) is 0 Å². The van der Waals surface area contributed by atoms with Crippen molar-refractivity contribution in [2.45, 2.75) is 39.2 Å². The number of likely N-dealkylation sites (tertiary alicyclic amines) is 1. The van der Waals surface area contributed by atoms with Gasteiger partial charge < -0.3 is 5.32 Å². The van der Waals surface area contributed by atoms with E-state index in [1.54, 1.807) is 6.07 Å². The summed E-state index contributed by atoms with van der Waals surface area (Å²) in [7, 11) is 0. The molecular weight excluding hydrogens is 248 g/mol. The summed E-state index contributed by atoms with van der Waals surface area (Å²) >= 11 is 5.97. The predicted molar refractivity (Wildman–Crippen MR) is 75.2 cm³/mol. The molecule has 1 atom stereocenters. The standard InChI is InChI=1S/C13H21ClN4/c1-3-12-16-11(14)8-13(17-12)15-9-10(2)18-6-4-5-7-18/h8,10H,3-7,9H2,1-2H3,(H,15,16,17). The summed E-state index contributed by atoms with van der Waals surface area (Å²) in [5, 5.41) is 3.87. The summed E-state index contributed by atoms with van der Waals surface area (Å²) in [6.45, 7) is 7.61. The van der Waals surface area contributed by atoms with E-state index in [2.05, 4.69) is 27.1 Å². The zero-order valence-electron chi connectivity index (χ0n) is 11.1. The normalized spacial score (nSPS) is 17.9. The maximum atomic E-state index is 5.97. The number of anilines is 1. The molecule has 1 aromatic rings. The highest BCUT2D eigenvalue weighted by Crippen LogP contribution is 2.14. The molecule has 0 radical (unpaired) electrons. The van der Waals surface area contributed by atoms with E-state index in [1.165, 1.54) is 25.9 Å². The van der Waals surface area contributed by atoms with Crippen LogP contribution in [0.1, 0.15) is 32.5 Å². The van der Waals surface area contributed by atoms with Crippen molar-refractivity contribution in [3.63, 3.8) is 0 Å². The fourth-order valence-corrected chi connectivity index (χ4v) is 2.48. The zero-order valence-corrected chi connectivity index (χ0v) is 11.9. The van der Waals surface area contributed by atoms with E-state index in [-0.39, 0.29) is 0 Å². The Kier molecular flexibility index (Phi) is 4.78. The predicted octanol–water partition coefficient (Wildman–Crippen LogP) is 2.59. The molecule has 0 aromatic carbocycles. The number of nitrogens with zero attached hydrogens (tertiary/aromatic N) is 3. The summed E-state index contributed by atoms with van der Waals surface area (Å²) < 4.78 is 0. The van der Waals surface area contributed by atoms with Gasteiger partial charge in [-0.1, -0.05) is 18.5 Å². The SMILES string of the molecule is CCc1nc(Cl)cc(NCC(C)N2CCCC2)n1. The third-order valence-electron chi connectivity index (χ3n) is 3.40. The first-order chi connectivity index (χ1) is 8.69. The number of aromatic nitrogens is 2. The minimum absolute atomic E-state index is 0.512. The highest BCUT2D eigenvalue weighted by Gasteiger charge is 2.17. The van der Waals surface area contributed by atoms with Gasteiger partial charge in [0.1, 0.15) is 16.8 Å². The molecule has 5 heteroatoms. The molecule has 0 saturated carbocycles. The van der Waals surface area contributed by atoms with Gasteiger partial charge in [0.05, 0.1) is 0 Å². The van der Waals surface area contributed by atoms with Gasteiger partial charge in [0, 0.05) is 25.1 Å². The minimum atomic E-state index is 0.512. The summed E-state index contributed by atoms with van der Waals surface area (Å²) in [6, 6.07) is 2.32.